The highest BCUT2D eigenvalue weighted by Crippen LogP contribution is 2.23. The van der Waals surface area contributed by atoms with Gasteiger partial charge in [-0.05, 0) is 46.2 Å². The van der Waals surface area contributed by atoms with Crippen LogP contribution in [0.3, 0.4) is 0 Å². The summed E-state index contributed by atoms with van der Waals surface area (Å²) in [6.45, 7) is 6.58. The van der Waals surface area contributed by atoms with Crippen molar-refractivity contribution < 1.29 is 4.42 Å². The Morgan fingerprint density at radius 2 is 2.28 bits per heavy atom. The zero-order valence-corrected chi connectivity index (χ0v) is 11.7. The van der Waals surface area contributed by atoms with Gasteiger partial charge >= 0.3 is 0 Å². The molecule has 0 saturated carbocycles. The monoisotopic (exact) mass is 251 g/mol. The lowest BCUT2D eigenvalue weighted by atomic mass is 10.0. The smallest absolute Gasteiger partial charge is 0.0950 e. The highest BCUT2D eigenvalue weighted by Gasteiger charge is 2.29. The molecular formula is C14H25N3O. The van der Waals surface area contributed by atoms with Gasteiger partial charge in [0.1, 0.15) is 0 Å². The van der Waals surface area contributed by atoms with Crippen LogP contribution in [0.25, 0.3) is 0 Å². The summed E-state index contributed by atoms with van der Waals surface area (Å²) in [5.41, 5.74) is 1.25. The molecule has 102 valence electrons. The Balaban J connectivity index is 2.17. The highest BCUT2D eigenvalue weighted by molar-refractivity contribution is 5.15. The van der Waals surface area contributed by atoms with E-state index >= 15 is 0 Å². The van der Waals surface area contributed by atoms with E-state index in [2.05, 4.69) is 42.2 Å². The zero-order valence-electron chi connectivity index (χ0n) is 11.7. The summed E-state index contributed by atoms with van der Waals surface area (Å²) in [5, 5.41) is 3.61. The molecular weight excluding hydrogens is 226 g/mol. The van der Waals surface area contributed by atoms with E-state index in [-0.39, 0.29) is 0 Å². The maximum Gasteiger partial charge on any atom is 0.0950 e. The van der Waals surface area contributed by atoms with Gasteiger partial charge in [-0.2, -0.15) is 0 Å². The summed E-state index contributed by atoms with van der Waals surface area (Å²) < 4.78 is 5.25. The first kappa shape index (κ1) is 13.6. The van der Waals surface area contributed by atoms with E-state index in [4.69, 9.17) is 4.42 Å². The van der Waals surface area contributed by atoms with Crippen molar-refractivity contribution in [3.8, 4) is 0 Å². The van der Waals surface area contributed by atoms with Gasteiger partial charge in [-0.15, -0.1) is 0 Å². The van der Waals surface area contributed by atoms with E-state index in [0.717, 1.165) is 19.6 Å². The molecule has 0 spiro atoms. The van der Waals surface area contributed by atoms with Crippen LogP contribution in [0.5, 0.6) is 0 Å². The Morgan fingerprint density at radius 3 is 2.94 bits per heavy atom. The van der Waals surface area contributed by atoms with Crippen molar-refractivity contribution in [3.05, 3.63) is 24.2 Å². The molecule has 1 saturated heterocycles. The first-order valence-corrected chi connectivity index (χ1v) is 6.86. The molecule has 18 heavy (non-hydrogen) atoms. The van der Waals surface area contributed by atoms with Gasteiger partial charge in [0.15, 0.2) is 0 Å². The summed E-state index contributed by atoms with van der Waals surface area (Å²) in [4.78, 5) is 4.91. The average molecular weight is 251 g/mol. The van der Waals surface area contributed by atoms with Crippen molar-refractivity contribution >= 4 is 0 Å². The van der Waals surface area contributed by atoms with E-state index < -0.39 is 0 Å². The van der Waals surface area contributed by atoms with Gasteiger partial charge in [0, 0.05) is 18.2 Å². The Labute approximate surface area is 110 Å². The molecule has 0 radical (unpaired) electrons. The second kappa shape index (κ2) is 6.36. The number of nitrogens with one attached hydrogen (secondary N) is 1. The molecule has 2 rings (SSSR count). The Hall–Kier alpha value is -0.840. The van der Waals surface area contributed by atoms with Crippen molar-refractivity contribution in [2.45, 2.75) is 25.4 Å². The predicted octanol–water partition coefficient (Wildman–Crippen LogP) is 1.57. The van der Waals surface area contributed by atoms with Crippen LogP contribution in [0.4, 0.5) is 0 Å². The van der Waals surface area contributed by atoms with Crippen LogP contribution in [-0.2, 0) is 0 Å². The minimum atomic E-state index is 0.347. The molecule has 2 heterocycles. The standard InChI is InChI=1S/C14H25N3O/c1-4-15-14(12-6-9-18-11-12)13-10-16(2)7-5-8-17(13)3/h6,9,11,13-15H,4-5,7-8,10H2,1-3H3. The Kier molecular flexibility index (Phi) is 4.80. The molecule has 1 aliphatic rings. The normalized spacial score (nSPS) is 24.9. The molecule has 0 aliphatic carbocycles. The molecule has 1 aliphatic heterocycles. The molecule has 0 aromatic carbocycles. The number of hydrogen-bond donors (Lipinski definition) is 1. The van der Waals surface area contributed by atoms with Crippen LogP contribution in [0, 0.1) is 0 Å². The third kappa shape index (κ3) is 3.13. The molecule has 1 aromatic heterocycles. The van der Waals surface area contributed by atoms with Crippen molar-refractivity contribution in [3.63, 3.8) is 0 Å². The lowest BCUT2D eigenvalue weighted by molar-refractivity contribution is 0.179. The van der Waals surface area contributed by atoms with Gasteiger partial charge in [-0.25, -0.2) is 0 Å². The van der Waals surface area contributed by atoms with Crippen LogP contribution in [0.2, 0.25) is 0 Å². The van der Waals surface area contributed by atoms with Gasteiger partial charge in [0.05, 0.1) is 18.6 Å². The number of hydrogen-bond acceptors (Lipinski definition) is 4. The lowest BCUT2D eigenvalue weighted by Gasteiger charge is -2.34. The molecule has 4 heteroatoms. The van der Waals surface area contributed by atoms with Crippen molar-refractivity contribution in [1.82, 2.24) is 15.1 Å². The molecule has 1 N–H and O–H groups in total. The van der Waals surface area contributed by atoms with Gasteiger partial charge in [-0.3, -0.25) is 0 Å². The summed E-state index contributed by atoms with van der Waals surface area (Å²) >= 11 is 0. The van der Waals surface area contributed by atoms with Crippen LogP contribution in [0.1, 0.15) is 24.9 Å². The van der Waals surface area contributed by atoms with Crippen molar-refractivity contribution in [2.75, 3.05) is 40.3 Å². The van der Waals surface area contributed by atoms with Crippen LogP contribution >= 0.6 is 0 Å². The van der Waals surface area contributed by atoms with Crippen molar-refractivity contribution in [1.29, 1.82) is 0 Å². The zero-order chi connectivity index (χ0) is 13.0. The fraction of sp³-hybridized carbons (Fsp3) is 0.714. The molecule has 1 aromatic rings. The predicted molar refractivity (Wildman–Crippen MR) is 73.7 cm³/mol. The van der Waals surface area contributed by atoms with Crippen molar-refractivity contribution in [2.24, 2.45) is 0 Å². The molecule has 1 fully saturated rings. The average Bonchev–Trinajstić information content (AvgIpc) is 2.81. The van der Waals surface area contributed by atoms with Crippen LogP contribution in [0.15, 0.2) is 23.0 Å². The van der Waals surface area contributed by atoms with E-state index in [1.165, 1.54) is 18.5 Å². The number of furan rings is 1. The molecule has 2 unspecified atom stereocenters. The van der Waals surface area contributed by atoms with Crippen LogP contribution < -0.4 is 5.32 Å². The SMILES string of the molecule is CCNC(c1ccoc1)C1CN(C)CCCN1C. The minimum absolute atomic E-state index is 0.347. The van der Waals surface area contributed by atoms with Gasteiger partial charge in [0.25, 0.3) is 0 Å². The lowest BCUT2D eigenvalue weighted by Crippen LogP contribution is -2.46. The number of nitrogens with zero attached hydrogens (tertiary/aromatic N) is 2. The Bertz CT molecular complexity index is 339. The van der Waals surface area contributed by atoms with Crippen LogP contribution in [-0.4, -0.2) is 56.1 Å². The third-order valence-corrected chi connectivity index (χ3v) is 3.83. The van der Waals surface area contributed by atoms with E-state index in [1.807, 2.05) is 6.26 Å². The summed E-state index contributed by atoms with van der Waals surface area (Å²) in [7, 11) is 4.44. The van der Waals surface area contributed by atoms with E-state index in [1.54, 1.807) is 6.26 Å². The van der Waals surface area contributed by atoms with E-state index in [0.29, 0.717) is 12.1 Å². The first-order chi connectivity index (χ1) is 8.72. The second-order valence-electron chi connectivity index (χ2n) is 5.26. The molecule has 4 nitrogen and oxygen atoms in total. The molecule has 0 amide bonds. The summed E-state index contributed by atoms with van der Waals surface area (Å²) in [6.07, 6.45) is 4.87. The molecule has 0 bridgehead atoms. The van der Waals surface area contributed by atoms with E-state index in [9.17, 15) is 0 Å². The summed E-state index contributed by atoms with van der Waals surface area (Å²) in [5.74, 6) is 0. The minimum Gasteiger partial charge on any atom is -0.472 e. The largest absolute Gasteiger partial charge is 0.472 e. The maximum absolute atomic E-state index is 5.25. The third-order valence-electron chi connectivity index (χ3n) is 3.83. The fourth-order valence-corrected chi connectivity index (χ4v) is 2.81. The second-order valence-corrected chi connectivity index (χ2v) is 5.26. The Morgan fingerprint density at radius 1 is 1.44 bits per heavy atom. The van der Waals surface area contributed by atoms with Gasteiger partial charge in [0.2, 0.25) is 0 Å². The number of likely N-dealkylation sites (N-methyl/N-ethyl adjacent to an activating group) is 3. The van der Waals surface area contributed by atoms with Gasteiger partial charge in [-0.1, -0.05) is 6.92 Å². The topological polar surface area (TPSA) is 31.7 Å². The number of rotatable bonds is 4. The highest BCUT2D eigenvalue weighted by atomic mass is 16.3. The summed E-state index contributed by atoms with van der Waals surface area (Å²) in [6, 6.07) is 2.92. The molecule has 2 atom stereocenters. The fourth-order valence-electron chi connectivity index (χ4n) is 2.81. The maximum atomic E-state index is 5.25. The first-order valence-electron chi connectivity index (χ1n) is 6.86. The quantitative estimate of drug-likeness (QED) is 0.880. The van der Waals surface area contributed by atoms with Gasteiger partial charge < -0.3 is 19.5 Å².